The van der Waals surface area contributed by atoms with Gasteiger partial charge in [0.25, 0.3) is 0 Å². The second-order valence-corrected chi connectivity index (χ2v) is 3.89. The fourth-order valence-electron chi connectivity index (χ4n) is 1.68. The third kappa shape index (κ3) is 1.98. The lowest BCUT2D eigenvalue weighted by Gasteiger charge is -1.96. The maximum Gasteiger partial charge on any atom is 0.222 e. The zero-order valence-electron chi connectivity index (χ0n) is 9.84. The van der Waals surface area contributed by atoms with E-state index in [1.807, 2.05) is 43.3 Å². The highest BCUT2D eigenvalue weighted by molar-refractivity contribution is 5.96. The number of anilines is 1. The minimum atomic E-state index is 0.613. The van der Waals surface area contributed by atoms with Crippen LogP contribution in [0.1, 0.15) is 12.7 Å². The number of imidazole rings is 1. The molecule has 1 aromatic carbocycles. The number of hydrogen-bond donors (Lipinski definition) is 2. The van der Waals surface area contributed by atoms with Crippen LogP contribution in [0.3, 0.4) is 0 Å². The fourth-order valence-corrected chi connectivity index (χ4v) is 1.68. The lowest BCUT2D eigenvalue weighted by Crippen LogP contribution is -1.99. The molecule has 0 aliphatic rings. The summed E-state index contributed by atoms with van der Waals surface area (Å²) in [5, 5.41) is 4.21. The molecule has 0 unspecified atom stereocenters. The molecule has 0 fully saturated rings. The molecular weight excluding hydrogens is 228 g/mol. The van der Waals surface area contributed by atoms with E-state index < -0.39 is 0 Å². The minimum absolute atomic E-state index is 0.613. The van der Waals surface area contributed by atoms with E-state index in [1.54, 1.807) is 6.26 Å². The average molecular weight is 240 g/mol. The topological polar surface area (TPSA) is 66.2 Å². The molecular formula is C13H12N4O. The highest BCUT2D eigenvalue weighted by Crippen LogP contribution is 2.13. The highest BCUT2D eigenvalue weighted by Gasteiger charge is 2.02. The molecule has 3 rings (SSSR count). The Bertz CT molecular complexity index is 649. The van der Waals surface area contributed by atoms with Crippen LogP contribution < -0.4 is 5.43 Å². The first-order valence-electron chi connectivity index (χ1n) is 5.62. The van der Waals surface area contributed by atoms with E-state index in [9.17, 15) is 0 Å². The van der Waals surface area contributed by atoms with E-state index in [0.29, 0.717) is 5.95 Å². The third-order valence-electron chi connectivity index (χ3n) is 2.60. The molecule has 0 amide bonds. The Morgan fingerprint density at radius 3 is 2.94 bits per heavy atom. The van der Waals surface area contributed by atoms with Crippen LogP contribution in [0.2, 0.25) is 0 Å². The Morgan fingerprint density at radius 2 is 2.17 bits per heavy atom. The van der Waals surface area contributed by atoms with E-state index in [4.69, 9.17) is 4.42 Å². The first-order valence-corrected chi connectivity index (χ1v) is 5.62. The van der Waals surface area contributed by atoms with Gasteiger partial charge in [-0.05, 0) is 31.2 Å². The molecule has 2 aromatic heterocycles. The van der Waals surface area contributed by atoms with Crippen LogP contribution in [-0.4, -0.2) is 15.7 Å². The monoisotopic (exact) mass is 240 g/mol. The zero-order chi connectivity index (χ0) is 12.4. The Kier molecular flexibility index (Phi) is 2.57. The van der Waals surface area contributed by atoms with Gasteiger partial charge in [0.2, 0.25) is 5.95 Å². The third-order valence-corrected chi connectivity index (χ3v) is 2.60. The van der Waals surface area contributed by atoms with Crippen molar-refractivity contribution in [1.29, 1.82) is 0 Å². The Labute approximate surface area is 104 Å². The summed E-state index contributed by atoms with van der Waals surface area (Å²) in [5.74, 6) is 1.35. The summed E-state index contributed by atoms with van der Waals surface area (Å²) < 4.78 is 5.24. The summed E-state index contributed by atoms with van der Waals surface area (Å²) in [4.78, 5) is 7.50. The van der Waals surface area contributed by atoms with Gasteiger partial charge in [0.15, 0.2) is 0 Å². The van der Waals surface area contributed by atoms with Crippen LogP contribution in [0.4, 0.5) is 5.95 Å². The lowest BCUT2D eigenvalue weighted by atomic mass is 10.3. The van der Waals surface area contributed by atoms with E-state index in [1.165, 1.54) is 0 Å². The number of aromatic amines is 1. The quantitative estimate of drug-likeness (QED) is 0.546. The molecule has 90 valence electrons. The van der Waals surface area contributed by atoms with Gasteiger partial charge in [0.1, 0.15) is 11.5 Å². The van der Waals surface area contributed by atoms with Crippen molar-refractivity contribution in [3.8, 4) is 0 Å². The zero-order valence-corrected chi connectivity index (χ0v) is 9.84. The van der Waals surface area contributed by atoms with Crippen molar-refractivity contribution >= 4 is 22.7 Å². The second-order valence-electron chi connectivity index (χ2n) is 3.89. The summed E-state index contributed by atoms with van der Waals surface area (Å²) in [6.45, 7) is 1.87. The van der Waals surface area contributed by atoms with Crippen molar-refractivity contribution in [3.05, 3.63) is 48.4 Å². The molecule has 0 saturated heterocycles. The molecule has 0 aliphatic carbocycles. The van der Waals surface area contributed by atoms with Crippen molar-refractivity contribution in [2.24, 2.45) is 5.10 Å². The normalized spacial score (nSPS) is 11.9. The number of benzene rings is 1. The number of hydrazone groups is 1. The highest BCUT2D eigenvalue weighted by atomic mass is 16.3. The largest absolute Gasteiger partial charge is 0.463 e. The summed E-state index contributed by atoms with van der Waals surface area (Å²) in [6.07, 6.45) is 1.62. The lowest BCUT2D eigenvalue weighted by molar-refractivity contribution is 0.557. The molecule has 5 heteroatoms. The van der Waals surface area contributed by atoms with E-state index in [2.05, 4.69) is 20.5 Å². The molecule has 2 N–H and O–H groups in total. The van der Waals surface area contributed by atoms with Crippen LogP contribution in [0.25, 0.3) is 11.0 Å². The standard InChI is InChI=1S/C13H12N4O/c1-9(12-7-4-8-18-12)16-17-13-14-10-5-2-3-6-11(10)15-13/h2-8H,1H3,(H2,14,15,17). The average Bonchev–Trinajstić information content (AvgIpc) is 3.04. The van der Waals surface area contributed by atoms with Crippen molar-refractivity contribution < 1.29 is 4.42 Å². The van der Waals surface area contributed by atoms with Gasteiger partial charge in [-0.15, -0.1) is 0 Å². The number of nitrogens with one attached hydrogen (secondary N) is 2. The van der Waals surface area contributed by atoms with Gasteiger partial charge in [0, 0.05) is 0 Å². The molecule has 18 heavy (non-hydrogen) atoms. The molecule has 0 atom stereocenters. The number of para-hydroxylation sites is 2. The molecule has 0 spiro atoms. The molecule has 0 aliphatic heterocycles. The second kappa shape index (κ2) is 4.37. The first-order chi connectivity index (χ1) is 8.83. The maximum atomic E-state index is 5.24. The summed E-state index contributed by atoms with van der Waals surface area (Å²) >= 11 is 0. The van der Waals surface area contributed by atoms with Crippen molar-refractivity contribution in [1.82, 2.24) is 9.97 Å². The Morgan fingerprint density at radius 1 is 1.28 bits per heavy atom. The maximum absolute atomic E-state index is 5.24. The smallest absolute Gasteiger partial charge is 0.222 e. The van der Waals surface area contributed by atoms with E-state index >= 15 is 0 Å². The number of nitrogens with zero attached hydrogens (tertiary/aromatic N) is 2. The van der Waals surface area contributed by atoms with Gasteiger partial charge >= 0.3 is 0 Å². The van der Waals surface area contributed by atoms with E-state index in [-0.39, 0.29) is 0 Å². The number of rotatable bonds is 3. The molecule has 0 radical (unpaired) electrons. The summed E-state index contributed by atoms with van der Waals surface area (Å²) in [5.41, 5.74) is 5.53. The Hall–Kier alpha value is -2.56. The van der Waals surface area contributed by atoms with Gasteiger partial charge in [-0.3, -0.25) is 0 Å². The number of aromatic nitrogens is 2. The molecule has 5 nitrogen and oxygen atoms in total. The van der Waals surface area contributed by atoms with Crippen molar-refractivity contribution in [2.75, 3.05) is 5.43 Å². The first kappa shape index (κ1) is 10.6. The van der Waals surface area contributed by atoms with Crippen LogP contribution in [0.15, 0.2) is 52.2 Å². The molecule has 0 saturated carbocycles. The van der Waals surface area contributed by atoms with Crippen LogP contribution >= 0.6 is 0 Å². The molecule has 0 bridgehead atoms. The van der Waals surface area contributed by atoms with Gasteiger partial charge in [-0.1, -0.05) is 12.1 Å². The fraction of sp³-hybridized carbons (Fsp3) is 0.0769. The van der Waals surface area contributed by atoms with Crippen LogP contribution in [0.5, 0.6) is 0 Å². The van der Waals surface area contributed by atoms with Gasteiger partial charge in [-0.25, -0.2) is 10.4 Å². The number of fused-ring (bicyclic) bond motifs is 1. The predicted octanol–water partition coefficient (Wildman–Crippen LogP) is 2.99. The number of H-pyrrole nitrogens is 1. The molecule has 2 heterocycles. The predicted molar refractivity (Wildman–Crippen MR) is 70.6 cm³/mol. The minimum Gasteiger partial charge on any atom is -0.463 e. The molecule has 3 aromatic rings. The Balaban J connectivity index is 1.82. The van der Waals surface area contributed by atoms with Gasteiger partial charge in [0.05, 0.1) is 17.3 Å². The van der Waals surface area contributed by atoms with Gasteiger partial charge in [-0.2, -0.15) is 5.10 Å². The summed E-state index contributed by atoms with van der Waals surface area (Å²) in [6, 6.07) is 11.5. The van der Waals surface area contributed by atoms with Crippen LogP contribution in [0, 0.1) is 0 Å². The van der Waals surface area contributed by atoms with Crippen molar-refractivity contribution in [2.45, 2.75) is 6.92 Å². The van der Waals surface area contributed by atoms with Gasteiger partial charge < -0.3 is 9.40 Å². The number of hydrogen-bond acceptors (Lipinski definition) is 4. The van der Waals surface area contributed by atoms with Crippen LogP contribution in [-0.2, 0) is 0 Å². The summed E-state index contributed by atoms with van der Waals surface area (Å²) in [7, 11) is 0. The SMILES string of the molecule is CC(=NNc1nc2ccccc2[nH]1)c1ccco1. The van der Waals surface area contributed by atoms with Crippen molar-refractivity contribution in [3.63, 3.8) is 0 Å². The number of furan rings is 1. The van der Waals surface area contributed by atoms with E-state index in [0.717, 1.165) is 22.5 Å².